The summed E-state index contributed by atoms with van der Waals surface area (Å²) in [5.74, 6) is -0.652. The minimum Gasteiger partial charge on any atom is -0.508 e. The van der Waals surface area contributed by atoms with Gasteiger partial charge in [0.05, 0.1) is 19.2 Å². The highest BCUT2D eigenvalue weighted by Gasteiger charge is 2.30. The number of phenols is 1. The number of rotatable bonds is 2. The smallest absolute Gasteiger partial charge is 0.249 e. The average Bonchev–Trinajstić information content (AvgIpc) is 2.34. The Morgan fingerprint density at radius 2 is 1.72 bits per heavy atom. The number of anilines is 1. The Kier molecular flexibility index (Phi) is 3.15. The van der Waals surface area contributed by atoms with Gasteiger partial charge >= 0.3 is 0 Å². The molecule has 1 saturated heterocycles. The number of carbonyl (C=O) groups is 2. The summed E-state index contributed by atoms with van der Waals surface area (Å²) >= 11 is 0. The Morgan fingerprint density at radius 1 is 1.17 bits per heavy atom. The Bertz CT molecular complexity index is 500. The molecule has 1 fully saturated rings. The van der Waals surface area contributed by atoms with Gasteiger partial charge in [0, 0.05) is 5.69 Å². The molecule has 1 aliphatic rings. The fraction of sp³-hybridized carbons (Fsp3) is 0.250. The first-order valence-electron chi connectivity index (χ1n) is 5.36. The second kappa shape index (κ2) is 4.75. The first kappa shape index (κ1) is 11.9. The van der Waals surface area contributed by atoms with Crippen LogP contribution in [0.3, 0.4) is 0 Å². The lowest BCUT2D eigenvalue weighted by Gasteiger charge is -2.32. The number of benzene rings is 1. The molecule has 0 bridgehead atoms. The van der Waals surface area contributed by atoms with Crippen molar-refractivity contribution < 1.29 is 14.7 Å². The van der Waals surface area contributed by atoms with Crippen LogP contribution in [0.25, 0.3) is 0 Å². The minimum absolute atomic E-state index is 0.0538. The molecular weight excluding hydrogens is 234 g/mol. The number of hydrogen-bond acceptors (Lipinski definition) is 5. The number of amides is 2. The Balaban J connectivity index is 2.15. The van der Waals surface area contributed by atoms with E-state index in [9.17, 15) is 14.7 Å². The number of phenolic OH excluding ortho intramolecular Hbond substituents is 1. The zero-order valence-electron chi connectivity index (χ0n) is 9.54. The molecule has 92 valence electrons. The van der Waals surface area contributed by atoms with Crippen LogP contribution in [-0.4, -0.2) is 41.5 Å². The van der Waals surface area contributed by atoms with Crippen LogP contribution < -0.4 is 4.90 Å². The largest absolute Gasteiger partial charge is 0.508 e. The van der Waals surface area contributed by atoms with Crippen molar-refractivity contribution in [3.63, 3.8) is 0 Å². The van der Waals surface area contributed by atoms with E-state index in [1.165, 1.54) is 12.1 Å². The van der Waals surface area contributed by atoms with Crippen molar-refractivity contribution in [2.45, 2.75) is 0 Å². The molecule has 0 saturated carbocycles. The second-order valence-electron chi connectivity index (χ2n) is 3.90. The molecule has 18 heavy (non-hydrogen) atoms. The lowest BCUT2D eigenvalue weighted by molar-refractivity contribution is -0.144. The molecule has 1 aromatic carbocycles. The third-order valence-electron chi connectivity index (χ3n) is 2.70. The molecule has 1 aromatic rings. The van der Waals surface area contributed by atoms with Crippen molar-refractivity contribution in [3.8, 4) is 11.8 Å². The van der Waals surface area contributed by atoms with Gasteiger partial charge in [-0.05, 0) is 24.3 Å². The highest BCUT2D eigenvalue weighted by atomic mass is 16.3. The van der Waals surface area contributed by atoms with Gasteiger partial charge in [0.1, 0.15) is 12.3 Å². The monoisotopic (exact) mass is 245 g/mol. The summed E-state index contributed by atoms with van der Waals surface area (Å²) in [4.78, 5) is 26.0. The third kappa shape index (κ3) is 2.25. The third-order valence-corrected chi connectivity index (χ3v) is 2.70. The van der Waals surface area contributed by atoms with Crippen LogP contribution in [0, 0.1) is 11.3 Å². The summed E-state index contributed by atoms with van der Waals surface area (Å²) in [6.45, 7) is -0.0997. The molecule has 0 radical (unpaired) electrons. The van der Waals surface area contributed by atoms with Crippen molar-refractivity contribution in [2.75, 3.05) is 24.5 Å². The molecule has 0 spiro atoms. The van der Waals surface area contributed by atoms with Gasteiger partial charge in [-0.25, -0.2) is 0 Å². The van der Waals surface area contributed by atoms with Gasteiger partial charge in [0.25, 0.3) is 0 Å². The average molecular weight is 245 g/mol. The van der Waals surface area contributed by atoms with Gasteiger partial charge in [-0.1, -0.05) is 0 Å². The maximum Gasteiger partial charge on any atom is 0.249 e. The topological polar surface area (TPSA) is 84.6 Å². The summed E-state index contributed by atoms with van der Waals surface area (Å²) in [5, 5.41) is 17.7. The molecule has 1 N–H and O–H groups in total. The maximum atomic E-state index is 11.7. The summed E-state index contributed by atoms with van der Waals surface area (Å²) in [7, 11) is 0. The van der Waals surface area contributed by atoms with E-state index >= 15 is 0 Å². The predicted octanol–water partition coefficient (Wildman–Crippen LogP) is 0.0910. The molecule has 2 amide bonds. The SMILES string of the molecule is N#CCN1C(=O)CN(c2ccc(O)cc2)CC1=O. The van der Waals surface area contributed by atoms with Crippen LogP contribution in [0.4, 0.5) is 5.69 Å². The molecule has 1 heterocycles. The number of nitriles is 1. The standard InChI is InChI=1S/C12H11N3O3/c13-5-6-15-11(17)7-14(8-12(15)18)9-1-3-10(16)4-2-9/h1-4,16H,6-8H2. The molecule has 6 heteroatoms. The van der Waals surface area contributed by atoms with E-state index in [-0.39, 0.29) is 37.2 Å². The van der Waals surface area contributed by atoms with Crippen molar-refractivity contribution in [3.05, 3.63) is 24.3 Å². The number of piperazine rings is 1. The molecule has 1 aliphatic heterocycles. The Morgan fingerprint density at radius 3 is 2.22 bits per heavy atom. The quantitative estimate of drug-likeness (QED) is 0.589. The highest BCUT2D eigenvalue weighted by molar-refractivity contribution is 6.02. The summed E-state index contributed by atoms with van der Waals surface area (Å²) in [5.41, 5.74) is 0.686. The zero-order chi connectivity index (χ0) is 13.1. The molecular formula is C12H11N3O3. The minimum atomic E-state index is -0.388. The number of nitrogens with zero attached hydrogens (tertiary/aromatic N) is 3. The molecule has 0 unspecified atom stereocenters. The predicted molar refractivity (Wildman–Crippen MR) is 62.7 cm³/mol. The van der Waals surface area contributed by atoms with E-state index in [0.717, 1.165) is 4.90 Å². The van der Waals surface area contributed by atoms with Gasteiger partial charge in [0.15, 0.2) is 0 Å². The van der Waals surface area contributed by atoms with E-state index in [0.29, 0.717) is 5.69 Å². The van der Waals surface area contributed by atoms with Gasteiger partial charge in [-0.2, -0.15) is 5.26 Å². The van der Waals surface area contributed by atoms with Crippen LogP contribution in [0.5, 0.6) is 5.75 Å². The van der Waals surface area contributed by atoms with E-state index in [4.69, 9.17) is 5.26 Å². The lowest BCUT2D eigenvalue weighted by atomic mass is 10.2. The van der Waals surface area contributed by atoms with E-state index in [1.54, 1.807) is 23.1 Å². The van der Waals surface area contributed by atoms with E-state index < -0.39 is 0 Å². The van der Waals surface area contributed by atoms with Crippen LogP contribution >= 0.6 is 0 Å². The van der Waals surface area contributed by atoms with Crippen molar-refractivity contribution >= 4 is 17.5 Å². The first-order chi connectivity index (χ1) is 8.61. The Hall–Kier alpha value is -2.55. The van der Waals surface area contributed by atoms with Gasteiger partial charge in [-0.15, -0.1) is 0 Å². The summed E-state index contributed by atoms with van der Waals surface area (Å²) < 4.78 is 0. The molecule has 0 aromatic heterocycles. The van der Waals surface area contributed by atoms with E-state index in [2.05, 4.69) is 0 Å². The molecule has 2 rings (SSSR count). The summed E-state index contributed by atoms with van der Waals surface area (Å²) in [6.07, 6.45) is 0. The van der Waals surface area contributed by atoms with Crippen molar-refractivity contribution in [1.29, 1.82) is 5.26 Å². The number of hydrogen-bond donors (Lipinski definition) is 1. The van der Waals surface area contributed by atoms with Crippen LogP contribution in [0.15, 0.2) is 24.3 Å². The summed E-state index contributed by atoms with van der Waals surface area (Å²) in [6, 6.07) is 8.05. The zero-order valence-corrected chi connectivity index (χ0v) is 9.54. The molecule has 6 nitrogen and oxygen atoms in total. The number of aromatic hydroxyl groups is 1. The van der Waals surface area contributed by atoms with Crippen molar-refractivity contribution in [2.24, 2.45) is 0 Å². The van der Waals surface area contributed by atoms with Gasteiger partial charge < -0.3 is 10.0 Å². The molecule has 0 atom stereocenters. The van der Waals surface area contributed by atoms with Crippen LogP contribution in [-0.2, 0) is 9.59 Å². The van der Waals surface area contributed by atoms with Crippen LogP contribution in [0.1, 0.15) is 0 Å². The first-order valence-corrected chi connectivity index (χ1v) is 5.36. The fourth-order valence-corrected chi connectivity index (χ4v) is 1.79. The van der Waals surface area contributed by atoms with E-state index in [1.807, 2.05) is 0 Å². The number of carbonyl (C=O) groups excluding carboxylic acids is 2. The fourth-order valence-electron chi connectivity index (χ4n) is 1.79. The van der Waals surface area contributed by atoms with Gasteiger partial charge in [-0.3, -0.25) is 14.5 Å². The highest BCUT2D eigenvalue weighted by Crippen LogP contribution is 2.20. The Labute approximate surface area is 104 Å². The second-order valence-corrected chi connectivity index (χ2v) is 3.90. The van der Waals surface area contributed by atoms with Gasteiger partial charge in [0.2, 0.25) is 11.8 Å². The normalized spacial score (nSPS) is 15.7. The maximum absolute atomic E-state index is 11.7. The van der Waals surface area contributed by atoms with Crippen LogP contribution in [0.2, 0.25) is 0 Å². The number of imide groups is 1. The molecule has 0 aliphatic carbocycles. The van der Waals surface area contributed by atoms with Crippen molar-refractivity contribution in [1.82, 2.24) is 4.90 Å². The lowest BCUT2D eigenvalue weighted by Crippen LogP contribution is -2.54.